The maximum atomic E-state index is 14.2. The number of benzene rings is 2. The SMILES string of the molecule is CCc1[nH]n(-c2ccc(Cl)c(Cl)c2)c(=O)c1C1=C(N2CCC(C)CC2)C(=O)N(c2ccc(OC)c(OC)c2)C1=O. The number of hydrogen-bond acceptors (Lipinski definition) is 6. The van der Waals surface area contributed by atoms with Crippen LogP contribution in [0.2, 0.25) is 10.0 Å². The number of carbonyl (C=O) groups excluding carboxylic acids is 2. The first-order valence-corrected chi connectivity index (χ1v) is 13.8. The van der Waals surface area contributed by atoms with Crippen molar-refractivity contribution in [3.8, 4) is 17.2 Å². The standard InChI is InChI=1S/C29H30Cl2N4O5/c1-5-21-24(28(37)35(32-21)18-6-8-19(30)20(31)14-18)25-26(33-12-10-16(2)11-13-33)29(38)34(27(25)36)17-7-9-22(39-3)23(15-17)40-4/h6-9,14-16,32H,5,10-13H2,1-4H3. The van der Waals surface area contributed by atoms with Gasteiger partial charge in [-0.05, 0) is 55.5 Å². The second kappa shape index (κ2) is 11.1. The number of nitrogens with one attached hydrogen (secondary N) is 1. The van der Waals surface area contributed by atoms with Gasteiger partial charge in [-0.25, -0.2) is 9.58 Å². The summed E-state index contributed by atoms with van der Waals surface area (Å²) in [5.74, 6) is 0.288. The lowest BCUT2D eigenvalue weighted by atomic mass is 9.97. The Morgan fingerprint density at radius 1 is 0.900 bits per heavy atom. The highest BCUT2D eigenvalue weighted by Crippen LogP contribution is 2.39. The van der Waals surface area contributed by atoms with Crippen molar-refractivity contribution in [2.45, 2.75) is 33.1 Å². The van der Waals surface area contributed by atoms with E-state index in [4.69, 9.17) is 32.7 Å². The highest BCUT2D eigenvalue weighted by atomic mass is 35.5. The third kappa shape index (κ3) is 4.67. The Balaban J connectivity index is 1.70. The minimum absolute atomic E-state index is 0.0891. The minimum atomic E-state index is -0.571. The quantitative estimate of drug-likeness (QED) is 0.389. The van der Waals surface area contributed by atoms with Gasteiger partial charge in [0.1, 0.15) is 5.70 Å². The molecule has 210 valence electrons. The Labute approximate surface area is 241 Å². The number of aryl methyl sites for hydroxylation is 1. The Morgan fingerprint density at radius 2 is 1.57 bits per heavy atom. The average Bonchev–Trinajstić information content (AvgIpc) is 3.41. The van der Waals surface area contributed by atoms with Gasteiger partial charge in [0.15, 0.2) is 11.5 Å². The Bertz CT molecular complexity index is 1580. The zero-order chi connectivity index (χ0) is 28.7. The largest absolute Gasteiger partial charge is 0.493 e. The maximum Gasteiger partial charge on any atom is 0.282 e. The molecule has 0 saturated carbocycles. The Hall–Kier alpha value is -3.69. The van der Waals surface area contributed by atoms with E-state index in [1.165, 1.54) is 18.9 Å². The molecule has 3 heterocycles. The summed E-state index contributed by atoms with van der Waals surface area (Å²) >= 11 is 12.3. The van der Waals surface area contributed by atoms with Crippen LogP contribution in [0.4, 0.5) is 5.69 Å². The van der Waals surface area contributed by atoms with E-state index in [2.05, 4.69) is 12.0 Å². The molecule has 1 N–H and O–H groups in total. The van der Waals surface area contributed by atoms with Gasteiger partial charge in [0.2, 0.25) is 0 Å². The van der Waals surface area contributed by atoms with Crippen molar-refractivity contribution in [2.75, 3.05) is 32.2 Å². The number of H-pyrrole nitrogens is 1. The van der Waals surface area contributed by atoms with Gasteiger partial charge in [-0.2, -0.15) is 0 Å². The van der Waals surface area contributed by atoms with E-state index in [1.54, 1.807) is 36.4 Å². The lowest BCUT2D eigenvalue weighted by Crippen LogP contribution is -2.38. The number of anilines is 1. The van der Waals surface area contributed by atoms with Gasteiger partial charge in [-0.3, -0.25) is 19.5 Å². The zero-order valence-corrected chi connectivity index (χ0v) is 24.2. The van der Waals surface area contributed by atoms with E-state index in [9.17, 15) is 14.4 Å². The number of hydrogen-bond donors (Lipinski definition) is 1. The van der Waals surface area contributed by atoms with Gasteiger partial charge >= 0.3 is 0 Å². The van der Waals surface area contributed by atoms with Crippen LogP contribution in [0.1, 0.15) is 37.9 Å². The Morgan fingerprint density at radius 3 is 2.20 bits per heavy atom. The molecule has 0 radical (unpaired) electrons. The second-order valence-electron chi connectivity index (χ2n) is 9.94. The number of ether oxygens (including phenoxy) is 2. The van der Waals surface area contributed by atoms with Gasteiger partial charge in [-0.15, -0.1) is 0 Å². The molecule has 2 aliphatic rings. The van der Waals surface area contributed by atoms with E-state index < -0.39 is 17.4 Å². The van der Waals surface area contributed by atoms with Crippen molar-refractivity contribution in [1.29, 1.82) is 0 Å². The second-order valence-corrected chi connectivity index (χ2v) is 10.8. The molecular formula is C29H30Cl2N4O5. The van der Waals surface area contributed by atoms with Crippen LogP contribution in [0.25, 0.3) is 11.3 Å². The van der Waals surface area contributed by atoms with Gasteiger partial charge in [0, 0.05) is 24.8 Å². The van der Waals surface area contributed by atoms with Crippen molar-refractivity contribution >= 4 is 46.3 Å². The van der Waals surface area contributed by atoms with Crippen LogP contribution in [0.15, 0.2) is 46.9 Å². The number of aromatic amines is 1. The van der Waals surface area contributed by atoms with E-state index in [1.807, 2.05) is 11.8 Å². The number of nitrogens with zero attached hydrogens (tertiary/aromatic N) is 3. The van der Waals surface area contributed by atoms with Crippen molar-refractivity contribution in [3.05, 3.63) is 73.8 Å². The first-order valence-electron chi connectivity index (χ1n) is 13.1. The van der Waals surface area contributed by atoms with Crippen LogP contribution in [0.5, 0.6) is 11.5 Å². The molecule has 11 heteroatoms. The highest BCUT2D eigenvalue weighted by Gasteiger charge is 2.45. The predicted molar refractivity (Wildman–Crippen MR) is 155 cm³/mol. The third-order valence-electron chi connectivity index (χ3n) is 7.52. The third-order valence-corrected chi connectivity index (χ3v) is 8.25. The number of halogens is 2. The number of amides is 2. The van der Waals surface area contributed by atoms with E-state index >= 15 is 0 Å². The van der Waals surface area contributed by atoms with Gasteiger partial charge in [-0.1, -0.05) is 37.0 Å². The molecule has 0 atom stereocenters. The molecule has 2 amide bonds. The van der Waals surface area contributed by atoms with E-state index in [0.717, 1.165) is 17.7 Å². The van der Waals surface area contributed by atoms with Crippen LogP contribution in [-0.2, 0) is 16.0 Å². The number of aromatic nitrogens is 2. The molecule has 0 aliphatic carbocycles. The van der Waals surface area contributed by atoms with Gasteiger partial charge in [0.25, 0.3) is 17.4 Å². The molecule has 40 heavy (non-hydrogen) atoms. The van der Waals surface area contributed by atoms with Crippen LogP contribution in [0.3, 0.4) is 0 Å². The minimum Gasteiger partial charge on any atom is -0.493 e. The molecule has 0 spiro atoms. The van der Waals surface area contributed by atoms with E-state index in [0.29, 0.717) is 59.0 Å². The van der Waals surface area contributed by atoms with Crippen LogP contribution in [0, 0.1) is 5.92 Å². The van der Waals surface area contributed by atoms with Crippen LogP contribution in [-0.4, -0.2) is 53.8 Å². The fourth-order valence-electron chi connectivity index (χ4n) is 5.27. The summed E-state index contributed by atoms with van der Waals surface area (Å²) in [4.78, 5) is 45.3. The fourth-order valence-corrected chi connectivity index (χ4v) is 5.56. The lowest BCUT2D eigenvalue weighted by Gasteiger charge is -2.32. The number of rotatable bonds is 7. The lowest BCUT2D eigenvalue weighted by molar-refractivity contribution is -0.120. The molecule has 2 aliphatic heterocycles. The van der Waals surface area contributed by atoms with Crippen molar-refractivity contribution in [3.63, 3.8) is 0 Å². The van der Waals surface area contributed by atoms with Crippen molar-refractivity contribution < 1.29 is 19.1 Å². The molecule has 1 aromatic heterocycles. The highest BCUT2D eigenvalue weighted by molar-refractivity contribution is 6.45. The summed E-state index contributed by atoms with van der Waals surface area (Å²) in [7, 11) is 2.99. The number of methoxy groups -OCH3 is 2. The molecule has 2 aromatic carbocycles. The first kappa shape index (κ1) is 27.9. The molecule has 1 fully saturated rings. The average molecular weight is 585 g/mol. The normalized spacial score (nSPS) is 16.4. The number of likely N-dealkylation sites (tertiary alicyclic amines) is 1. The summed E-state index contributed by atoms with van der Waals surface area (Å²) < 4.78 is 12.1. The van der Waals surface area contributed by atoms with E-state index in [-0.39, 0.29) is 21.9 Å². The topological polar surface area (TPSA) is 96.9 Å². The zero-order valence-electron chi connectivity index (χ0n) is 22.7. The van der Waals surface area contributed by atoms with Crippen LogP contribution < -0.4 is 19.9 Å². The smallest absolute Gasteiger partial charge is 0.282 e. The Kier molecular flexibility index (Phi) is 7.70. The van der Waals surface area contributed by atoms with Crippen LogP contribution >= 0.6 is 23.2 Å². The molecule has 9 nitrogen and oxygen atoms in total. The molecule has 1 saturated heterocycles. The summed E-state index contributed by atoms with van der Waals surface area (Å²) in [6.45, 7) is 5.25. The predicted octanol–water partition coefficient (Wildman–Crippen LogP) is 5.07. The monoisotopic (exact) mass is 584 g/mol. The number of piperidine rings is 1. The summed E-state index contributed by atoms with van der Waals surface area (Å²) in [6, 6.07) is 9.68. The molecule has 0 bridgehead atoms. The molecule has 3 aromatic rings. The maximum absolute atomic E-state index is 14.2. The van der Waals surface area contributed by atoms with Gasteiger partial charge in [0.05, 0.1) is 46.8 Å². The molecule has 5 rings (SSSR count). The van der Waals surface area contributed by atoms with Crippen molar-refractivity contribution in [1.82, 2.24) is 14.7 Å². The fraction of sp³-hybridized carbons (Fsp3) is 0.345. The number of imide groups is 1. The number of carbonyl (C=O) groups is 2. The molecule has 0 unspecified atom stereocenters. The molecular weight excluding hydrogens is 555 g/mol. The van der Waals surface area contributed by atoms with Crippen molar-refractivity contribution in [2.24, 2.45) is 5.92 Å². The summed E-state index contributed by atoms with van der Waals surface area (Å²) in [6.07, 6.45) is 2.16. The first-order chi connectivity index (χ1) is 19.2. The summed E-state index contributed by atoms with van der Waals surface area (Å²) in [5.41, 5.74) is 1.35. The van der Waals surface area contributed by atoms with Gasteiger partial charge < -0.3 is 14.4 Å². The summed E-state index contributed by atoms with van der Waals surface area (Å²) in [5, 5.41) is 3.77.